The van der Waals surface area contributed by atoms with Gasteiger partial charge in [-0.1, -0.05) is 24.3 Å². The molecule has 3 rings (SSSR count). The summed E-state index contributed by atoms with van der Waals surface area (Å²) in [5, 5.41) is 8.47. The van der Waals surface area contributed by atoms with E-state index in [0.29, 0.717) is 11.6 Å². The number of ether oxygens (including phenoxy) is 1. The van der Waals surface area contributed by atoms with Crippen molar-refractivity contribution in [3.05, 3.63) is 42.0 Å². The van der Waals surface area contributed by atoms with Crippen molar-refractivity contribution in [3.63, 3.8) is 0 Å². The summed E-state index contributed by atoms with van der Waals surface area (Å²) in [6, 6.07) is 12.1. The molecule has 0 spiro atoms. The average molecular weight is 335 g/mol. The first kappa shape index (κ1) is 17.6. The molecule has 1 aliphatic rings. The van der Waals surface area contributed by atoms with Crippen LogP contribution in [0.1, 0.15) is 30.1 Å². The maximum Gasteiger partial charge on any atom is 0.252 e. The van der Waals surface area contributed by atoms with Crippen LogP contribution >= 0.6 is 12.4 Å². The highest BCUT2D eigenvalue weighted by Crippen LogP contribution is 2.28. The number of halogens is 1. The summed E-state index contributed by atoms with van der Waals surface area (Å²) in [4.78, 5) is 12.7. The van der Waals surface area contributed by atoms with Crippen molar-refractivity contribution in [1.82, 2.24) is 10.6 Å². The fourth-order valence-electron chi connectivity index (χ4n) is 3.13. The molecule has 1 saturated heterocycles. The number of benzene rings is 2. The van der Waals surface area contributed by atoms with Gasteiger partial charge in [-0.3, -0.25) is 4.79 Å². The zero-order valence-corrected chi connectivity index (χ0v) is 14.3. The van der Waals surface area contributed by atoms with Gasteiger partial charge in [0.05, 0.1) is 7.11 Å². The van der Waals surface area contributed by atoms with Gasteiger partial charge in [-0.05, 0) is 43.8 Å². The van der Waals surface area contributed by atoms with Crippen LogP contribution in [0.3, 0.4) is 0 Å². The lowest BCUT2D eigenvalue weighted by atomic mass is 9.98. The Balaban J connectivity index is 0.00000192. The molecule has 124 valence electrons. The third-order valence-electron chi connectivity index (χ3n) is 4.43. The summed E-state index contributed by atoms with van der Waals surface area (Å²) in [5.74, 6) is 0.777. The largest absolute Gasteiger partial charge is 0.496 e. The van der Waals surface area contributed by atoms with E-state index in [1.165, 1.54) is 0 Å². The molecule has 0 bridgehead atoms. The summed E-state index contributed by atoms with van der Waals surface area (Å²) in [7, 11) is 1.65. The maximum atomic E-state index is 12.7. The predicted octanol–water partition coefficient (Wildman–Crippen LogP) is 3.14. The van der Waals surface area contributed by atoms with E-state index in [-0.39, 0.29) is 24.4 Å². The average Bonchev–Trinajstić information content (AvgIpc) is 2.56. The molecule has 1 fully saturated rings. The van der Waals surface area contributed by atoms with E-state index in [9.17, 15) is 4.79 Å². The van der Waals surface area contributed by atoms with E-state index in [1.807, 2.05) is 36.4 Å². The number of rotatable bonds is 3. The summed E-state index contributed by atoms with van der Waals surface area (Å²) < 4.78 is 5.39. The van der Waals surface area contributed by atoms with Crippen molar-refractivity contribution in [1.29, 1.82) is 0 Å². The van der Waals surface area contributed by atoms with E-state index >= 15 is 0 Å². The second-order valence-electron chi connectivity index (χ2n) is 5.83. The van der Waals surface area contributed by atoms with Crippen LogP contribution in [-0.2, 0) is 0 Å². The number of amides is 1. The van der Waals surface area contributed by atoms with E-state index in [4.69, 9.17) is 4.74 Å². The van der Waals surface area contributed by atoms with Crippen LogP contribution in [0.15, 0.2) is 36.4 Å². The number of carbonyl (C=O) groups excluding carboxylic acids is 1. The van der Waals surface area contributed by atoms with Crippen molar-refractivity contribution in [2.24, 2.45) is 0 Å². The van der Waals surface area contributed by atoms with Gasteiger partial charge in [-0.15, -0.1) is 12.4 Å². The summed E-state index contributed by atoms with van der Waals surface area (Å²) in [6.45, 7) is 3.15. The molecule has 1 aliphatic heterocycles. The smallest absolute Gasteiger partial charge is 0.252 e. The molecule has 0 aliphatic carbocycles. The Kier molecular flexibility index (Phi) is 5.85. The lowest BCUT2D eigenvalue weighted by Crippen LogP contribution is -2.51. The molecule has 1 heterocycles. The zero-order chi connectivity index (χ0) is 15.5. The number of fused-ring (bicyclic) bond motifs is 1. The molecule has 2 N–H and O–H groups in total. The third-order valence-corrected chi connectivity index (χ3v) is 4.43. The quantitative estimate of drug-likeness (QED) is 0.906. The lowest BCUT2D eigenvalue weighted by molar-refractivity contribution is 0.0921. The molecule has 2 aromatic carbocycles. The van der Waals surface area contributed by atoms with E-state index in [2.05, 4.69) is 17.6 Å². The lowest BCUT2D eigenvalue weighted by Gasteiger charge is -2.30. The van der Waals surface area contributed by atoms with E-state index in [1.54, 1.807) is 7.11 Å². The fraction of sp³-hybridized carbons (Fsp3) is 0.389. The number of nitrogens with one attached hydrogen (secondary N) is 2. The van der Waals surface area contributed by atoms with Gasteiger partial charge in [0.2, 0.25) is 0 Å². The van der Waals surface area contributed by atoms with E-state index < -0.39 is 0 Å². The highest BCUT2D eigenvalue weighted by molar-refractivity contribution is 6.08. The van der Waals surface area contributed by atoms with Crippen molar-refractivity contribution in [3.8, 4) is 5.75 Å². The van der Waals surface area contributed by atoms with Crippen LogP contribution in [0.5, 0.6) is 5.75 Å². The molecule has 23 heavy (non-hydrogen) atoms. The highest BCUT2D eigenvalue weighted by atomic mass is 35.5. The van der Waals surface area contributed by atoms with Gasteiger partial charge in [-0.25, -0.2) is 0 Å². The Hall–Kier alpha value is -1.78. The summed E-state index contributed by atoms with van der Waals surface area (Å²) in [6.07, 6.45) is 2.12. The second-order valence-corrected chi connectivity index (χ2v) is 5.83. The Morgan fingerprint density at radius 3 is 2.65 bits per heavy atom. The summed E-state index contributed by atoms with van der Waals surface area (Å²) in [5.41, 5.74) is 0.703. The Bertz CT molecular complexity index is 690. The molecule has 4 nitrogen and oxygen atoms in total. The van der Waals surface area contributed by atoms with Gasteiger partial charge < -0.3 is 15.4 Å². The number of piperidine rings is 1. The third kappa shape index (κ3) is 3.59. The van der Waals surface area contributed by atoms with Crippen LogP contribution in [0.4, 0.5) is 0 Å². The highest BCUT2D eigenvalue weighted by Gasteiger charge is 2.23. The first-order valence-electron chi connectivity index (χ1n) is 7.80. The molecular formula is C18H23ClN2O2. The number of carbonyl (C=O) groups is 1. The topological polar surface area (TPSA) is 50.4 Å². The zero-order valence-electron chi connectivity index (χ0n) is 13.5. The molecule has 0 saturated carbocycles. The maximum absolute atomic E-state index is 12.7. The number of hydrogen-bond donors (Lipinski definition) is 2. The van der Waals surface area contributed by atoms with Gasteiger partial charge in [0.1, 0.15) is 5.75 Å². The first-order chi connectivity index (χ1) is 10.7. The molecule has 0 radical (unpaired) electrons. The predicted molar refractivity (Wildman–Crippen MR) is 95.7 cm³/mol. The van der Waals surface area contributed by atoms with Crippen molar-refractivity contribution in [2.75, 3.05) is 13.7 Å². The van der Waals surface area contributed by atoms with Crippen LogP contribution < -0.4 is 15.4 Å². The van der Waals surface area contributed by atoms with Crippen LogP contribution in [0.25, 0.3) is 10.8 Å². The molecule has 5 heteroatoms. The van der Waals surface area contributed by atoms with Crippen molar-refractivity contribution < 1.29 is 9.53 Å². The molecule has 2 atom stereocenters. The Morgan fingerprint density at radius 2 is 1.96 bits per heavy atom. The van der Waals surface area contributed by atoms with Gasteiger partial charge >= 0.3 is 0 Å². The van der Waals surface area contributed by atoms with Crippen LogP contribution in [0.2, 0.25) is 0 Å². The summed E-state index contributed by atoms with van der Waals surface area (Å²) >= 11 is 0. The molecule has 2 unspecified atom stereocenters. The molecular weight excluding hydrogens is 312 g/mol. The van der Waals surface area contributed by atoms with Crippen molar-refractivity contribution in [2.45, 2.75) is 31.8 Å². The molecule has 2 aromatic rings. The monoisotopic (exact) mass is 334 g/mol. The number of methoxy groups -OCH3 is 1. The first-order valence-corrected chi connectivity index (χ1v) is 7.80. The molecule has 0 aromatic heterocycles. The van der Waals surface area contributed by atoms with Gasteiger partial charge in [0.25, 0.3) is 5.91 Å². The van der Waals surface area contributed by atoms with Crippen LogP contribution in [0, 0.1) is 0 Å². The fourth-order valence-corrected chi connectivity index (χ4v) is 3.13. The normalized spacial score (nSPS) is 20.6. The van der Waals surface area contributed by atoms with Gasteiger partial charge in [0, 0.05) is 23.0 Å². The number of hydrogen-bond acceptors (Lipinski definition) is 3. The minimum Gasteiger partial charge on any atom is -0.496 e. The van der Waals surface area contributed by atoms with Gasteiger partial charge in [0.15, 0.2) is 0 Å². The van der Waals surface area contributed by atoms with E-state index in [0.717, 1.165) is 35.9 Å². The van der Waals surface area contributed by atoms with Crippen molar-refractivity contribution >= 4 is 29.1 Å². The van der Waals surface area contributed by atoms with Crippen LogP contribution in [-0.4, -0.2) is 31.6 Å². The standard InChI is InChI=1S/C18H22N2O2.ClH/c1-12-16(8-5-11-19-12)20-18(21)15-9-10-17(22-2)14-7-4-3-6-13(14)15;/h3-4,6-7,9-10,12,16,19H,5,8,11H2,1-2H3,(H,20,21);1H. The Morgan fingerprint density at radius 1 is 1.22 bits per heavy atom. The van der Waals surface area contributed by atoms with Gasteiger partial charge in [-0.2, -0.15) is 0 Å². The minimum absolute atomic E-state index is 0. The molecule has 1 amide bonds. The second kappa shape index (κ2) is 7.66. The minimum atomic E-state index is -0.0144. The Labute approximate surface area is 143 Å². The SMILES string of the molecule is COc1ccc(C(=O)NC2CCCNC2C)c2ccccc12.Cl.